The highest BCUT2D eigenvalue weighted by Crippen LogP contribution is 2.24. The van der Waals surface area contributed by atoms with Gasteiger partial charge in [-0.1, -0.05) is 13.3 Å². The third kappa shape index (κ3) is 6.45. The van der Waals surface area contributed by atoms with E-state index >= 15 is 0 Å². The molecule has 1 aliphatic carbocycles. The quantitative estimate of drug-likeness (QED) is 0.533. The number of hydrogen-bond donors (Lipinski definition) is 2. The number of unbranched alkanes of at least 4 members (excludes halogenated alkanes) is 2. The first-order chi connectivity index (χ1) is 7.47. The van der Waals surface area contributed by atoms with Crippen LogP contribution >= 0.6 is 0 Å². The minimum Gasteiger partial charge on any atom is -0.314 e. The van der Waals surface area contributed by atoms with Crippen molar-refractivity contribution in [3.63, 3.8) is 0 Å². The van der Waals surface area contributed by atoms with Crippen molar-refractivity contribution in [3.8, 4) is 0 Å². The van der Waals surface area contributed by atoms with Crippen molar-refractivity contribution < 1.29 is 13.0 Å². The molecule has 0 bridgehead atoms. The van der Waals surface area contributed by atoms with Crippen LogP contribution in [-0.4, -0.2) is 31.3 Å². The molecule has 0 aliphatic heterocycles. The molecule has 1 saturated carbocycles. The van der Waals surface area contributed by atoms with E-state index in [2.05, 4.69) is 12.2 Å². The zero-order valence-electron chi connectivity index (χ0n) is 9.98. The van der Waals surface area contributed by atoms with Crippen LogP contribution in [0.3, 0.4) is 0 Å². The van der Waals surface area contributed by atoms with E-state index < -0.39 is 10.1 Å². The zero-order chi connectivity index (χ0) is 12.0. The van der Waals surface area contributed by atoms with Gasteiger partial charge in [0.1, 0.15) is 0 Å². The van der Waals surface area contributed by atoms with Gasteiger partial charge in [-0.15, -0.1) is 0 Å². The zero-order valence-corrected chi connectivity index (χ0v) is 10.8. The van der Waals surface area contributed by atoms with E-state index in [1.165, 1.54) is 19.3 Å². The Bertz CT molecular complexity index is 290. The molecule has 1 aliphatic rings. The van der Waals surface area contributed by atoms with Crippen LogP contribution in [-0.2, 0) is 10.1 Å². The average molecular weight is 249 g/mol. The van der Waals surface area contributed by atoms with Crippen molar-refractivity contribution in [2.45, 2.75) is 51.5 Å². The van der Waals surface area contributed by atoms with Gasteiger partial charge in [-0.3, -0.25) is 4.55 Å². The molecule has 0 aromatic carbocycles. The summed E-state index contributed by atoms with van der Waals surface area (Å²) >= 11 is 0. The maximum atomic E-state index is 10.4. The number of nitrogens with one attached hydrogen (secondary N) is 1. The lowest BCUT2D eigenvalue weighted by molar-refractivity contribution is 0.473. The van der Waals surface area contributed by atoms with Gasteiger partial charge in [0.05, 0.1) is 5.75 Å². The Labute approximate surface area is 98.6 Å². The van der Waals surface area contributed by atoms with Crippen LogP contribution in [0.5, 0.6) is 0 Å². The first-order valence-electron chi connectivity index (χ1n) is 6.16. The molecule has 0 spiro atoms. The minimum absolute atomic E-state index is 0.104. The summed E-state index contributed by atoms with van der Waals surface area (Å²) in [7, 11) is -3.75. The lowest BCUT2D eigenvalue weighted by atomic mass is 10.1. The van der Waals surface area contributed by atoms with Gasteiger partial charge >= 0.3 is 0 Å². The van der Waals surface area contributed by atoms with E-state index in [9.17, 15) is 8.42 Å². The van der Waals surface area contributed by atoms with Gasteiger partial charge in [0.15, 0.2) is 0 Å². The van der Waals surface area contributed by atoms with Crippen LogP contribution in [0.1, 0.15) is 45.4 Å². The normalized spacial score (nSPS) is 26.1. The second-order valence-corrected chi connectivity index (χ2v) is 6.49. The van der Waals surface area contributed by atoms with Crippen LogP contribution in [0, 0.1) is 5.92 Å². The Morgan fingerprint density at radius 2 is 2.00 bits per heavy atom. The molecule has 2 N–H and O–H groups in total. The van der Waals surface area contributed by atoms with E-state index in [1.807, 2.05) is 0 Å². The smallest absolute Gasteiger partial charge is 0.264 e. The van der Waals surface area contributed by atoms with E-state index in [-0.39, 0.29) is 5.75 Å². The molecular weight excluding hydrogens is 226 g/mol. The monoisotopic (exact) mass is 249 g/mol. The van der Waals surface area contributed by atoms with Crippen molar-refractivity contribution in [1.29, 1.82) is 0 Å². The van der Waals surface area contributed by atoms with Crippen molar-refractivity contribution in [3.05, 3.63) is 0 Å². The molecule has 0 heterocycles. The highest BCUT2D eigenvalue weighted by atomic mass is 32.2. The average Bonchev–Trinajstić information content (AvgIpc) is 2.56. The molecule has 0 aromatic heterocycles. The minimum atomic E-state index is -3.75. The van der Waals surface area contributed by atoms with Gasteiger partial charge in [0.25, 0.3) is 10.1 Å². The summed E-state index contributed by atoms with van der Waals surface area (Å²) in [4.78, 5) is 0. The second kappa shape index (κ2) is 6.57. The topological polar surface area (TPSA) is 66.4 Å². The lowest BCUT2D eigenvalue weighted by Gasteiger charge is -2.11. The van der Waals surface area contributed by atoms with Crippen LogP contribution in [0.2, 0.25) is 0 Å². The maximum absolute atomic E-state index is 10.4. The number of hydrogen-bond acceptors (Lipinski definition) is 3. The Balaban J connectivity index is 1.92. The van der Waals surface area contributed by atoms with E-state index in [4.69, 9.17) is 4.55 Å². The van der Waals surface area contributed by atoms with Crippen molar-refractivity contribution in [2.75, 3.05) is 12.3 Å². The van der Waals surface area contributed by atoms with E-state index in [0.29, 0.717) is 12.5 Å². The van der Waals surface area contributed by atoms with Crippen LogP contribution in [0.4, 0.5) is 0 Å². The van der Waals surface area contributed by atoms with Gasteiger partial charge in [0, 0.05) is 6.04 Å². The van der Waals surface area contributed by atoms with Crippen LogP contribution < -0.4 is 5.32 Å². The molecular formula is C11H23NO3S. The summed E-state index contributed by atoms with van der Waals surface area (Å²) in [6, 6.07) is 0.663. The highest BCUT2D eigenvalue weighted by molar-refractivity contribution is 7.85. The second-order valence-electron chi connectivity index (χ2n) is 4.92. The standard InChI is InChI=1S/C11H23NO3S/c1-10-5-6-11(9-10)12-7-3-2-4-8-16(13,14)15/h10-12H,2-9H2,1H3,(H,13,14,15). The Morgan fingerprint density at radius 3 is 2.56 bits per heavy atom. The fraction of sp³-hybridized carbons (Fsp3) is 1.00. The first-order valence-corrected chi connectivity index (χ1v) is 7.77. The van der Waals surface area contributed by atoms with Gasteiger partial charge in [0.2, 0.25) is 0 Å². The Hall–Kier alpha value is -0.130. The molecule has 1 rings (SSSR count). The first kappa shape index (κ1) is 13.9. The summed E-state index contributed by atoms with van der Waals surface area (Å²) in [5, 5.41) is 3.50. The summed E-state index contributed by atoms with van der Waals surface area (Å²) in [6.07, 6.45) is 6.26. The third-order valence-electron chi connectivity index (χ3n) is 3.21. The lowest BCUT2D eigenvalue weighted by Crippen LogP contribution is -2.27. The molecule has 16 heavy (non-hydrogen) atoms. The van der Waals surface area contributed by atoms with E-state index in [1.54, 1.807) is 0 Å². The van der Waals surface area contributed by atoms with Crippen molar-refractivity contribution in [2.24, 2.45) is 5.92 Å². The molecule has 1 fully saturated rings. The molecule has 96 valence electrons. The molecule has 2 atom stereocenters. The van der Waals surface area contributed by atoms with Crippen molar-refractivity contribution in [1.82, 2.24) is 5.32 Å². The molecule has 4 nitrogen and oxygen atoms in total. The SMILES string of the molecule is CC1CCC(NCCCCCS(=O)(=O)O)C1. The predicted molar refractivity (Wildman–Crippen MR) is 65.1 cm³/mol. The Morgan fingerprint density at radius 1 is 1.25 bits per heavy atom. The van der Waals surface area contributed by atoms with Crippen LogP contribution in [0.25, 0.3) is 0 Å². The summed E-state index contributed by atoms with van der Waals surface area (Å²) < 4.78 is 29.4. The van der Waals surface area contributed by atoms with Gasteiger partial charge in [-0.2, -0.15) is 8.42 Å². The van der Waals surface area contributed by atoms with Crippen molar-refractivity contribution >= 4 is 10.1 Å². The Kier molecular flexibility index (Phi) is 5.72. The maximum Gasteiger partial charge on any atom is 0.264 e. The number of rotatable bonds is 7. The fourth-order valence-electron chi connectivity index (χ4n) is 2.28. The van der Waals surface area contributed by atoms with Gasteiger partial charge in [-0.25, -0.2) is 0 Å². The third-order valence-corrected chi connectivity index (χ3v) is 4.01. The van der Waals surface area contributed by atoms with Gasteiger partial charge < -0.3 is 5.32 Å². The molecule has 0 aromatic rings. The summed E-state index contributed by atoms with van der Waals surface area (Å²) in [5.41, 5.74) is 0. The van der Waals surface area contributed by atoms with Gasteiger partial charge in [-0.05, 0) is 44.6 Å². The van der Waals surface area contributed by atoms with E-state index in [0.717, 1.165) is 25.3 Å². The van der Waals surface area contributed by atoms with Crippen LogP contribution in [0.15, 0.2) is 0 Å². The highest BCUT2D eigenvalue weighted by Gasteiger charge is 2.19. The summed E-state index contributed by atoms with van der Waals surface area (Å²) in [5.74, 6) is 0.741. The fourth-order valence-corrected chi connectivity index (χ4v) is 2.85. The molecule has 5 heteroatoms. The predicted octanol–water partition coefficient (Wildman–Crippen LogP) is 1.82. The largest absolute Gasteiger partial charge is 0.314 e. The molecule has 0 amide bonds. The molecule has 0 radical (unpaired) electrons. The summed E-state index contributed by atoms with van der Waals surface area (Å²) in [6.45, 7) is 3.25. The molecule has 2 unspecified atom stereocenters. The molecule has 0 saturated heterocycles.